The summed E-state index contributed by atoms with van der Waals surface area (Å²) in [5.41, 5.74) is 3.45. The van der Waals surface area contributed by atoms with Crippen LogP contribution in [0.3, 0.4) is 0 Å². The van der Waals surface area contributed by atoms with Crippen LogP contribution in [0.5, 0.6) is 5.75 Å². The molecule has 1 aliphatic heterocycles. The van der Waals surface area contributed by atoms with Gasteiger partial charge < -0.3 is 10.1 Å². The summed E-state index contributed by atoms with van der Waals surface area (Å²) >= 11 is 0. The SMILES string of the molecule is COc1ccc(C)cc1N([C@@H](C)C(=O)NCc1ccccc1CN1CCCC1)S(C)(=O)=O. The number of nitrogens with one attached hydrogen (secondary N) is 1. The lowest BCUT2D eigenvalue weighted by atomic mass is 10.1. The Morgan fingerprint density at radius 1 is 1.16 bits per heavy atom. The number of nitrogens with zero attached hydrogens (tertiary/aromatic N) is 2. The van der Waals surface area contributed by atoms with Gasteiger partial charge in [-0.3, -0.25) is 14.0 Å². The van der Waals surface area contributed by atoms with E-state index in [1.165, 1.54) is 25.5 Å². The Labute approximate surface area is 191 Å². The van der Waals surface area contributed by atoms with E-state index in [1.807, 2.05) is 31.2 Å². The third-order valence-electron chi connectivity index (χ3n) is 5.82. The van der Waals surface area contributed by atoms with Crippen molar-refractivity contribution < 1.29 is 17.9 Å². The smallest absolute Gasteiger partial charge is 0.243 e. The fourth-order valence-corrected chi connectivity index (χ4v) is 5.32. The van der Waals surface area contributed by atoms with Crippen LogP contribution in [-0.4, -0.2) is 51.7 Å². The van der Waals surface area contributed by atoms with Gasteiger partial charge in [-0.1, -0.05) is 30.3 Å². The van der Waals surface area contributed by atoms with Gasteiger partial charge >= 0.3 is 0 Å². The van der Waals surface area contributed by atoms with Crippen molar-refractivity contribution in [1.29, 1.82) is 0 Å². The van der Waals surface area contributed by atoms with Crippen molar-refractivity contribution >= 4 is 21.6 Å². The number of hydrogen-bond acceptors (Lipinski definition) is 5. The van der Waals surface area contributed by atoms with Gasteiger partial charge in [0.1, 0.15) is 11.8 Å². The van der Waals surface area contributed by atoms with E-state index in [9.17, 15) is 13.2 Å². The number of carbonyl (C=O) groups is 1. The number of ether oxygens (including phenoxy) is 1. The van der Waals surface area contributed by atoms with E-state index in [1.54, 1.807) is 19.1 Å². The monoisotopic (exact) mass is 459 g/mol. The molecule has 1 N–H and O–H groups in total. The zero-order valence-corrected chi connectivity index (χ0v) is 20.1. The van der Waals surface area contributed by atoms with Crippen LogP contribution in [0.4, 0.5) is 5.69 Å². The average Bonchev–Trinajstić information content (AvgIpc) is 3.25. The van der Waals surface area contributed by atoms with Gasteiger partial charge in [0.05, 0.1) is 19.1 Å². The van der Waals surface area contributed by atoms with Crippen LogP contribution < -0.4 is 14.4 Å². The second-order valence-electron chi connectivity index (χ2n) is 8.38. The second kappa shape index (κ2) is 10.4. The van der Waals surface area contributed by atoms with Crippen molar-refractivity contribution in [2.24, 2.45) is 0 Å². The molecule has 1 fully saturated rings. The number of hydrogen-bond donors (Lipinski definition) is 1. The highest BCUT2D eigenvalue weighted by Gasteiger charge is 2.31. The number of sulfonamides is 1. The molecule has 1 amide bonds. The van der Waals surface area contributed by atoms with Gasteiger partial charge in [-0.25, -0.2) is 8.42 Å². The van der Waals surface area contributed by atoms with Crippen LogP contribution in [-0.2, 0) is 27.9 Å². The van der Waals surface area contributed by atoms with E-state index in [2.05, 4.69) is 16.3 Å². The minimum Gasteiger partial charge on any atom is -0.495 e. The number of likely N-dealkylation sites (tertiary alicyclic amines) is 1. The van der Waals surface area contributed by atoms with E-state index in [0.29, 0.717) is 18.0 Å². The molecule has 7 nitrogen and oxygen atoms in total. The highest BCUT2D eigenvalue weighted by Crippen LogP contribution is 2.32. The molecule has 1 aliphatic rings. The molecule has 0 bridgehead atoms. The predicted octanol–water partition coefficient (Wildman–Crippen LogP) is 3.07. The van der Waals surface area contributed by atoms with Crippen molar-refractivity contribution in [1.82, 2.24) is 10.2 Å². The third-order valence-corrected chi connectivity index (χ3v) is 7.05. The summed E-state index contributed by atoms with van der Waals surface area (Å²) in [6.45, 7) is 6.85. The van der Waals surface area contributed by atoms with E-state index >= 15 is 0 Å². The first-order valence-electron chi connectivity index (χ1n) is 10.9. The van der Waals surface area contributed by atoms with Gasteiger partial charge in [0.2, 0.25) is 15.9 Å². The summed E-state index contributed by atoms with van der Waals surface area (Å²) in [6.07, 6.45) is 3.55. The van der Waals surface area contributed by atoms with Gasteiger partial charge in [0, 0.05) is 13.1 Å². The maximum Gasteiger partial charge on any atom is 0.243 e. The summed E-state index contributed by atoms with van der Waals surface area (Å²) in [4.78, 5) is 15.5. The second-order valence-corrected chi connectivity index (χ2v) is 10.2. The molecule has 2 aromatic carbocycles. The fourth-order valence-electron chi connectivity index (χ4n) is 4.15. The van der Waals surface area contributed by atoms with E-state index in [4.69, 9.17) is 4.74 Å². The van der Waals surface area contributed by atoms with Crippen molar-refractivity contribution in [2.45, 2.75) is 45.8 Å². The van der Waals surface area contributed by atoms with Crippen molar-refractivity contribution in [3.8, 4) is 5.75 Å². The van der Waals surface area contributed by atoms with E-state index in [-0.39, 0.29) is 5.91 Å². The first-order chi connectivity index (χ1) is 15.2. The molecule has 0 radical (unpaired) electrons. The number of methoxy groups -OCH3 is 1. The lowest BCUT2D eigenvalue weighted by molar-refractivity contribution is -0.122. The van der Waals surface area contributed by atoms with Gasteiger partial charge in [0.15, 0.2) is 0 Å². The molecule has 174 valence electrons. The number of carbonyl (C=O) groups excluding carboxylic acids is 1. The zero-order chi connectivity index (χ0) is 23.3. The Kier molecular flexibility index (Phi) is 7.79. The molecule has 0 saturated carbocycles. The summed E-state index contributed by atoms with van der Waals surface area (Å²) in [7, 11) is -2.25. The molecule has 32 heavy (non-hydrogen) atoms. The molecule has 1 heterocycles. The Bertz CT molecular complexity index is 1050. The van der Waals surface area contributed by atoms with Crippen LogP contribution >= 0.6 is 0 Å². The molecule has 0 unspecified atom stereocenters. The number of rotatable bonds is 9. The van der Waals surface area contributed by atoms with Crippen LogP contribution in [0.25, 0.3) is 0 Å². The molecule has 2 aromatic rings. The summed E-state index contributed by atoms with van der Waals surface area (Å²) < 4.78 is 31.8. The molecule has 0 aliphatic carbocycles. The topological polar surface area (TPSA) is 79.0 Å². The number of benzene rings is 2. The molecule has 8 heteroatoms. The lowest BCUT2D eigenvalue weighted by Gasteiger charge is -2.29. The van der Waals surface area contributed by atoms with E-state index in [0.717, 1.165) is 41.3 Å². The summed E-state index contributed by atoms with van der Waals surface area (Å²) in [6, 6.07) is 12.4. The summed E-state index contributed by atoms with van der Waals surface area (Å²) in [5, 5.41) is 2.93. The predicted molar refractivity (Wildman–Crippen MR) is 127 cm³/mol. The molecule has 1 saturated heterocycles. The fraction of sp³-hybridized carbons (Fsp3) is 0.458. The number of anilines is 1. The highest BCUT2D eigenvalue weighted by atomic mass is 32.2. The van der Waals surface area contributed by atoms with Crippen molar-refractivity contribution in [2.75, 3.05) is 30.8 Å². The van der Waals surface area contributed by atoms with Crippen LogP contribution in [0.2, 0.25) is 0 Å². The molecule has 1 atom stereocenters. The Morgan fingerprint density at radius 3 is 2.44 bits per heavy atom. The van der Waals surface area contributed by atoms with Crippen LogP contribution in [0.1, 0.15) is 36.5 Å². The normalized spacial score (nSPS) is 15.4. The molecule has 0 aromatic heterocycles. The Morgan fingerprint density at radius 2 is 1.81 bits per heavy atom. The van der Waals surface area contributed by atoms with Crippen LogP contribution in [0.15, 0.2) is 42.5 Å². The zero-order valence-electron chi connectivity index (χ0n) is 19.3. The largest absolute Gasteiger partial charge is 0.495 e. The molecular weight excluding hydrogens is 426 g/mol. The van der Waals surface area contributed by atoms with Gasteiger partial charge in [-0.15, -0.1) is 0 Å². The van der Waals surface area contributed by atoms with Crippen molar-refractivity contribution in [3.63, 3.8) is 0 Å². The minimum atomic E-state index is -3.73. The summed E-state index contributed by atoms with van der Waals surface area (Å²) in [5.74, 6) is 0.0339. The standard InChI is InChI=1S/C24H33N3O4S/c1-18-11-12-23(31-3)22(15-18)27(32(4,29)30)19(2)24(28)25-16-20-9-5-6-10-21(20)17-26-13-7-8-14-26/h5-6,9-12,15,19H,7-8,13-14,16-17H2,1-4H3,(H,25,28)/t19-/m0/s1. The number of aryl methyl sites for hydroxylation is 1. The maximum absolute atomic E-state index is 13.0. The van der Waals surface area contributed by atoms with Crippen molar-refractivity contribution in [3.05, 3.63) is 59.2 Å². The molecule has 3 rings (SSSR count). The highest BCUT2D eigenvalue weighted by molar-refractivity contribution is 7.92. The quantitative estimate of drug-likeness (QED) is 0.624. The Balaban J connectivity index is 1.78. The molecule has 0 spiro atoms. The van der Waals surface area contributed by atoms with Gasteiger partial charge in [-0.2, -0.15) is 0 Å². The van der Waals surface area contributed by atoms with Gasteiger partial charge in [0.25, 0.3) is 0 Å². The average molecular weight is 460 g/mol. The lowest BCUT2D eigenvalue weighted by Crippen LogP contribution is -2.47. The third kappa shape index (κ3) is 5.81. The minimum absolute atomic E-state index is 0.343. The number of amides is 1. The Hall–Kier alpha value is -2.58. The van der Waals surface area contributed by atoms with Gasteiger partial charge in [-0.05, 0) is 68.6 Å². The van der Waals surface area contributed by atoms with E-state index < -0.39 is 16.1 Å². The first-order valence-corrected chi connectivity index (χ1v) is 12.8. The van der Waals surface area contributed by atoms with Crippen LogP contribution in [0, 0.1) is 6.92 Å². The first kappa shape index (κ1) is 24.1. The maximum atomic E-state index is 13.0. The molecular formula is C24H33N3O4S.